The van der Waals surface area contributed by atoms with Crippen LogP contribution in [0.15, 0.2) is 103 Å². The quantitative estimate of drug-likeness (QED) is 0.123. The fraction of sp³-hybridized carbons (Fsp3) is 0.345. The van der Waals surface area contributed by atoms with Crippen LogP contribution in [0.3, 0.4) is 0 Å². The van der Waals surface area contributed by atoms with Crippen molar-refractivity contribution in [2.75, 3.05) is 9.80 Å². The third-order valence-electron chi connectivity index (χ3n) is 12.1. The first-order valence-corrected chi connectivity index (χ1v) is 25.3. The summed E-state index contributed by atoms with van der Waals surface area (Å²) in [6.07, 6.45) is 1.92. The van der Waals surface area contributed by atoms with Crippen LogP contribution < -0.4 is 19.7 Å². The van der Waals surface area contributed by atoms with Crippen molar-refractivity contribution in [3.63, 3.8) is 0 Å². The van der Waals surface area contributed by atoms with Crippen LogP contribution in [0.5, 0.6) is 11.5 Å². The van der Waals surface area contributed by atoms with Gasteiger partial charge in [0.05, 0.1) is 8.07 Å². The molecule has 0 spiro atoms. The molecule has 1 aliphatic heterocycles. The maximum absolute atomic E-state index is 6.72. The number of anilines is 4. The third-order valence-corrected chi connectivity index (χ3v) is 14.1. The summed E-state index contributed by atoms with van der Waals surface area (Å²) in [6.45, 7) is 36.9. The molecule has 0 bridgehead atoms. The molecular formula is C55H63N4OPtSi-3. The van der Waals surface area contributed by atoms with Crippen molar-refractivity contribution >= 4 is 57.8 Å². The van der Waals surface area contributed by atoms with Crippen LogP contribution >= 0.6 is 0 Å². The standard InChI is InChI=1S/C55H63N4OSi.Pt/c1-52(2,3)36-22-25-46-45(31-36)44-24-23-43(34-48(44)59(46)50-32-37(26-27-56-50)53(4,5)6)60-42-19-16-18-40(33-42)57-35-58(51-47(57)20-17-21-49(51)61(13,14)15)41-29-38(54(7,8)9)28-39(30-41)55(10,11)12;/h16-32,35H,1-15H3;/q-3;. The van der Waals surface area contributed by atoms with E-state index in [1.54, 1.807) is 0 Å². The van der Waals surface area contributed by atoms with E-state index in [2.05, 4.69) is 221 Å². The Kier molecular flexibility index (Phi) is 11.6. The largest absolute Gasteiger partial charge is 0.509 e. The van der Waals surface area contributed by atoms with Gasteiger partial charge in [0.2, 0.25) is 0 Å². The summed E-state index contributed by atoms with van der Waals surface area (Å²) >= 11 is 0. The molecule has 7 aromatic rings. The van der Waals surface area contributed by atoms with Crippen LogP contribution in [0.25, 0.3) is 27.6 Å². The van der Waals surface area contributed by atoms with Crippen LogP contribution in [0, 0.1) is 18.8 Å². The maximum atomic E-state index is 6.72. The second-order valence-corrected chi connectivity index (χ2v) is 27.1. The molecule has 8 rings (SSSR count). The Bertz CT molecular complexity index is 2770. The number of rotatable bonds is 6. The first kappa shape index (κ1) is 45.4. The minimum atomic E-state index is -1.78. The molecule has 5 nitrogen and oxygen atoms in total. The van der Waals surface area contributed by atoms with Gasteiger partial charge in [0.25, 0.3) is 0 Å². The van der Waals surface area contributed by atoms with Crippen molar-refractivity contribution in [3.8, 4) is 17.3 Å². The number of para-hydroxylation sites is 1. The van der Waals surface area contributed by atoms with Crippen molar-refractivity contribution in [2.45, 2.75) is 124 Å². The van der Waals surface area contributed by atoms with E-state index >= 15 is 0 Å². The van der Waals surface area contributed by atoms with Gasteiger partial charge in [-0.3, -0.25) is 0 Å². The number of nitrogens with zero attached hydrogens (tertiary/aromatic N) is 4. The summed E-state index contributed by atoms with van der Waals surface area (Å²) in [7, 11) is -1.78. The van der Waals surface area contributed by atoms with Crippen LogP contribution in [-0.2, 0) is 42.7 Å². The monoisotopic (exact) mass is 1020 g/mol. The van der Waals surface area contributed by atoms with Crippen molar-refractivity contribution in [3.05, 3.63) is 144 Å². The Morgan fingerprint density at radius 3 is 1.82 bits per heavy atom. The van der Waals surface area contributed by atoms with Crippen molar-refractivity contribution < 1.29 is 25.8 Å². The Balaban J connectivity index is 0.00000578. The Morgan fingerprint density at radius 1 is 0.581 bits per heavy atom. The molecule has 1 aliphatic rings. The van der Waals surface area contributed by atoms with Gasteiger partial charge in [-0.15, -0.1) is 48.1 Å². The summed E-state index contributed by atoms with van der Waals surface area (Å²) in [5.41, 5.74) is 11.6. The second kappa shape index (κ2) is 15.9. The van der Waals surface area contributed by atoms with Crippen LogP contribution in [0.1, 0.15) is 105 Å². The molecule has 3 heterocycles. The Morgan fingerprint density at radius 2 is 1.19 bits per heavy atom. The number of fused-ring (bicyclic) bond motifs is 4. The number of ether oxygens (including phenoxy) is 1. The molecule has 0 saturated heterocycles. The smallest absolute Gasteiger partial charge is 0.135 e. The first-order chi connectivity index (χ1) is 28.4. The molecule has 0 saturated carbocycles. The van der Waals surface area contributed by atoms with Crippen molar-refractivity contribution in [1.82, 2.24) is 9.55 Å². The van der Waals surface area contributed by atoms with Crippen LogP contribution in [-0.4, -0.2) is 17.6 Å². The maximum Gasteiger partial charge on any atom is 0.135 e. The summed E-state index contributed by atoms with van der Waals surface area (Å²) in [4.78, 5) is 9.62. The summed E-state index contributed by atoms with van der Waals surface area (Å²) in [5, 5.41) is 3.71. The number of aromatic nitrogens is 2. The van der Waals surface area contributed by atoms with Crippen LogP contribution in [0.4, 0.5) is 22.7 Å². The zero-order chi connectivity index (χ0) is 44.0. The van der Waals surface area contributed by atoms with E-state index in [1.165, 1.54) is 44.2 Å². The number of hydrogen-bond acceptors (Lipinski definition) is 4. The van der Waals surface area contributed by atoms with Gasteiger partial charge in [-0.25, -0.2) is 4.98 Å². The average Bonchev–Trinajstić information content (AvgIpc) is 3.72. The molecule has 5 aromatic carbocycles. The summed E-state index contributed by atoms with van der Waals surface area (Å²) in [6, 6.07) is 42.8. The minimum Gasteiger partial charge on any atom is -0.509 e. The SMILES string of the molecule is CC(C)(C)c1cc(N2[CH-]N(c3[c-]c(Oc4[c-]c5c(cc4)c4cc(C(C)(C)C)ccc4n5-c4cc(C(C)(C)C)ccn4)ccc3)c3cccc([Si](C)(C)C)c32)cc(C(C)(C)C)c1.[Pt]. The van der Waals surface area contributed by atoms with Crippen molar-refractivity contribution in [2.24, 2.45) is 0 Å². The van der Waals surface area contributed by atoms with E-state index < -0.39 is 8.07 Å². The zero-order valence-corrected chi connectivity index (χ0v) is 42.7. The normalized spacial score (nSPS) is 13.8. The van der Waals surface area contributed by atoms with E-state index in [0.29, 0.717) is 11.5 Å². The molecule has 0 radical (unpaired) electrons. The van der Waals surface area contributed by atoms with Gasteiger partial charge in [0, 0.05) is 61.3 Å². The zero-order valence-electron chi connectivity index (χ0n) is 39.4. The molecule has 0 aliphatic carbocycles. The van der Waals surface area contributed by atoms with Gasteiger partial charge >= 0.3 is 0 Å². The molecule has 0 atom stereocenters. The van der Waals surface area contributed by atoms with E-state index in [0.717, 1.165) is 33.6 Å². The van der Waals surface area contributed by atoms with Crippen LogP contribution in [0.2, 0.25) is 19.6 Å². The summed E-state index contributed by atoms with van der Waals surface area (Å²) in [5.74, 6) is 2.11. The molecule has 7 heteroatoms. The van der Waals surface area contributed by atoms with Gasteiger partial charge < -0.3 is 19.1 Å². The van der Waals surface area contributed by atoms with Gasteiger partial charge in [-0.2, -0.15) is 12.1 Å². The predicted octanol–water partition coefficient (Wildman–Crippen LogP) is 14.7. The molecule has 326 valence electrons. The molecule has 0 N–H and O–H groups in total. The third kappa shape index (κ3) is 8.67. The van der Waals surface area contributed by atoms with E-state index in [4.69, 9.17) is 9.72 Å². The molecule has 62 heavy (non-hydrogen) atoms. The Labute approximate surface area is 386 Å². The Hall–Kier alpha value is -4.64. The fourth-order valence-corrected chi connectivity index (χ4v) is 9.83. The molecule has 0 fully saturated rings. The number of pyridine rings is 1. The summed E-state index contributed by atoms with van der Waals surface area (Å²) < 4.78 is 8.96. The molecule has 2 aromatic heterocycles. The van der Waals surface area contributed by atoms with E-state index in [-0.39, 0.29) is 42.7 Å². The van der Waals surface area contributed by atoms with E-state index in [9.17, 15) is 0 Å². The minimum absolute atomic E-state index is 0. The topological polar surface area (TPSA) is 33.5 Å². The van der Waals surface area contributed by atoms with Gasteiger partial charge in [0.1, 0.15) is 5.82 Å². The molecule has 0 amide bonds. The predicted molar refractivity (Wildman–Crippen MR) is 262 cm³/mol. The van der Waals surface area contributed by atoms with Crippen molar-refractivity contribution in [1.29, 1.82) is 0 Å². The number of hydrogen-bond donors (Lipinski definition) is 0. The fourth-order valence-electron chi connectivity index (χ4n) is 8.27. The van der Waals surface area contributed by atoms with Gasteiger partial charge in [-0.1, -0.05) is 139 Å². The first-order valence-electron chi connectivity index (χ1n) is 21.8. The second-order valence-electron chi connectivity index (χ2n) is 22.1. The van der Waals surface area contributed by atoms with Gasteiger partial charge in [0.15, 0.2) is 0 Å². The molecule has 0 unspecified atom stereocenters. The average molecular weight is 1020 g/mol. The van der Waals surface area contributed by atoms with E-state index in [1.807, 2.05) is 18.3 Å². The van der Waals surface area contributed by atoms with Gasteiger partial charge in [-0.05, 0) is 90.9 Å². The molecular weight excluding hydrogens is 956 g/mol. The number of benzene rings is 5.